The maximum atomic E-state index is 6.18. The third kappa shape index (κ3) is 4.64. The van der Waals surface area contributed by atoms with E-state index >= 15 is 0 Å². The summed E-state index contributed by atoms with van der Waals surface area (Å²) in [4.78, 5) is 0. The minimum atomic E-state index is -0.140. The summed E-state index contributed by atoms with van der Waals surface area (Å²) in [5, 5.41) is 3.71. The molecule has 0 bridgehead atoms. The van der Waals surface area contributed by atoms with E-state index < -0.39 is 0 Å². The van der Waals surface area contributed by atoms with Gasteiger partial charge in [0.1, 0.15) is 17.1 Å². The molecule has 124 valence electrons. The van der Waals surface area contributed by atoms with Crippen LogP contribution in [0.25, 0.3) is 0 Å². The van der Waals surface area contributed by atoms with Crippen LogP contribution in [0.4, 0.5) is 0 Å². The van der Waals surface area contributed by atoms with E-state index in [1.165, 1.54) is 24.8 Å². The van der Waals surface area contributed by atoms with Gasteiger partial charge in [-0.3, -0.25) is 0 Å². The molecule has 1 N–H and O–H groups in total. The van der Waals surface area contributed by atoms with E-state index in [1.807, 2.05) is 6.07 Å². The van der Waals surface area contributed by atoms with Crippen molar-refractivity contribution in [3.63, 3.8) is 0 Å². The van der Waals surface area contributed by atoms with E-state index in [0.29, 0.717) is 6.04 Å². The number of hydrogen-bond acceptors (Lipinski definition) is 3. The predicted molar refractivity (Wildman–Crippen MR) is 91.8 cm³/mol. The molecule has 3 nitrogen and oxygen atoms in total. The van der Waals surface area contributed by atoms with Crippen molar-refractivity contribution in [2.45, 2.75) is 71.4 Å². The Balaban J connectivity index is 2.10. The van der Waals surface area contributed by atoms with Crippen molar-refractivity contribution in [2.24, 2.45) is 0 Å². The van der Waals surface area contributed by atoms with Gasteiger partial charge in [-0.25, -0.2) is 0 Å². The first-order valence-electron chi connectivity index (χ1n) is 8.75. The molecule has 0 saturated carbocycles. The minimum Gasteiger partial charge on any atom is -0.493 e. The van der Waals surface area contributed by atoms with Gasteiger partial charge in [0, 0.05) is 24.1 Å². The Morgan fingerprint density at radius 2 is 2.05 bits per heavy atom. The molecule has 1 aromatic rings. The standard InChI is InChI=1S/C19H31NO2/c1-5-7-8-11-20-17-14-19(3,4)22-18-13-15(21-12-6-2)9-10-16(17)18/h9-10,13,17,20H,5-8,11-12,14H2,1-4H3. The molecular weight excluding hydrogens is 274 g/mol. The fourth-order valence-corrected chi connectivity index (χ4v) is 2.97. The van der Waals surface area contributed by atoms with Crippen molar-refractivity contribution in [3.05, 3.63) is 23.8 Å². The highest BCUT2D eigenvalue weighted by atomic mass is 16.5. The largest absolute Gasteiger partial charge is 0.493 e. The van der Waals surface area contributed by atoms with Gasteiger partial charge in [-0.1, -0.05) is 32.8 Å². The van der Waals surface area contributed by atoms with Crippen molar-refractivity contribution >= 4 is 0 Å². The van der Waals surface area contributed by atoms with Crippen molar-refractivity contribution in [2.75, 3.05) is 13.2 Å². The average molecular weight is 305 g/mol. The number of benzene rings is 1. The summed E-state index contributed by atoms with van der Waals surface area (Å²) in [5.74, 6) is 1.88. The van der Waals surface area contributed by atoms with Gasteiger partial charge in [0.05, 0.1) is 6.61 Å². The van der Waals surface area contributed by atoms with Crippen molar-refractivity contribution in [1.82, 2.24) is 5.32 Å². The molecule has 22 heavy (non-hydrogen) atoms. The molecule has 3 heteroatoms. The Hall–Kier alpha value is -1.22. The van der Waals surface area contributed by atoms with Gasteiger partial charge in [0.25, 0.3) is 0 Å². The van der Waals surface area contributed by atoms with E-state index in [4.69, 9.17) is 9.47 Å². The highest BCUT2D eigenvalue weighted by Crippen LogP contribution is 2.41. The third-order valence-corrected chi connectivity index (χ3v) is 4.09. The first-order chi connectivity index (χ1) is 10.6. The lowest BCUT2D eigenvalue weighted by molar-refractivity contribution is 0.0656. The summed E-state index contributed by atoms with van der Waals surface area (Å²) in [6.45, 7) is 10.5. The molecular formula is C19H31NO2. The SMILES string of the molecule is CCCCCNC1CC(C)(C)Oc2cc(OCCC)ccc21. The zero-order chi connectivity index (χ0) is 16.0. The fraction of sp³-hybridized carbons (Fsp3) is 0.684. The van der Waals surface area contributed by atoms with Crippen LogP contribution in [-0.2, 0) is 0 Å². The highest BCUT2D eigenvalue weighted by molar-refractivity contribution is 5.44. The van der Waals surface area contributed by atoms with E-state index in [2.05, 4.69) is 45.1 Å². The van der Waals surface area contributed by atoms with Crippen LogP contribution in [0.2, 0.25) is 0 Å². The van der Waals surface area contributed by atoms with Crippen LogP contribution >= 0.6 is 0 Å². The summed E-state index contributed by atoms with van der Waals surface area (Å²) in [7, 11) is 0. The molecule has 1 heterocycles. The van der Waals surface area contributed by atoms with Crippen LogP contribution in [0.3, 0.4) is 0 Å². The summed E-state index contributed by atoms with van der Waals surface area (Å²) in [6.07, 6.45) is 5.81. The molecule has 1 aliphatic heterocycles. The number of unbranched alkanes of at least 4 members (excludes halogenated alkanes) is 2. The second-order valence-electron chi connectivity index (χ2n) is 6.83. The highest BCUT2D eigenvalue weighted by Gasteiger charge is 2.33. The minimum absolute atomic E-state index is 0.140. The average Bonchev–Trinajstić information content (AvgIpc) is 2.48. The second kappa shape index (κ2) is 7.87. The lowest BCUT2D eigenvalue weighted by atomic mass is 9.89. The molecule has 0 spiro atoms. The molecule has 2 rings (SSSR count). The first kappa shape index (κ1) is 17.1. The summed E-state index contributed by atoms with van der Waals surface area (Å²) in [6, 6.07) is 6.65. The monoisotopic (exact) mass is 305 g/mol. The van der Waals surface area contributed by atoms with Crippen LogP contribution in [0.1, 0.15) is 71.4 Å². The molecule has 0 aromatic heterocycles. The maximum absolute atomic E-state index is 6.18. The van der Waals surface area contributed by atoms with Gasteiger partial charge >= 0.3 is 0 Å². The molecule has 0 radical (unpaired) electrons. The Morgan fingerprint density at radius 1 is 1.23 bits per heavy atom. The van der Waals surface area contributed by atoms with E-state index in [0.717, 1.165) is 37.5 Å². The van der Waals surface area contributed by atoms with Crippen molar-refractivity contribution in [3.8, 4) is 11.5 Å². The van der Waals surface area contributed by atoms with E-state index in [9.17, 15) is 0 Å². The van der Waals surface area contributed by atoms with E-state index in [-0.39, 0.29) is 5.60 Å². The van der Waals surface area contributed by atoms with Gasteiger partial charge in [0.2, 0.25) is 0 Å². The first-order valence-corrected chi connectivity index (χ1v) is 8.75. The third-order valence-electron chi connectivity index (χ3n) is 4.09. The summed E-state index contributed by atoms with van der Waals surface area (Å²) >= 11 is 0. The smallest absolute Gasteiger partial charge is 0.128 e. The molecule has 0 amide bonds. The molecule has 1 unspecified atom stereocenters. The molecule has 1 aliphatic rings. The number of rotatable bonds is 8. The zero-order valence-corrected chi connectivity index (χ0v) is 14.6. The Morgan fingerprint density at radius 3 is 2.77 bits per heavy atom. The molecule has 0 fully saturated rings. The quantitative estimate of drug-likeness (QED) is 0.696. The van der Waals surface area contributed by atoms with Crippen LogP contribution in [0.5, 0.6) is 11.5 Å². The topological polar surface area (TPSA) is 30.5 Å². The second-order valence-corrected chi connectivity index (χ2v) is 6.83. The fourth-order valence-electron chi connectivity index (χ4n) is 2.97. The molecule has 0 aliphatic carbocycles. The van der Waals surface area contributed by atoms with E-state index in [1.54, 1.807) is 0 Å². The summed E-state index contributed by atoms with van der Waals surface area (Å²) < 4.78 is 11.9. The van der Waals surface area contributed by atoms with Gasteiger partial charge in [0.15, 0.2) is 0 Å². The van der Waals surface area contributed by atoms with Crippen LogP contribution < -0.4 is 14.8 Å². The predicted octanol–water partition coefficient (Wildman–Crippen LogP) is 4.86. The normalized spacial score (nSPS) is 19.4. The molecule has 0 saturated heterocycles. The number of nitrogens with one attached hydrogen (secondary N) is 1. The Kier molecular flexibility index (Phi) is 6.13. The van der Waals surface area contributed by atoms with Crippen molar-refractivity contribution in [1.29, 1.82) is 0 Å². The lowest BCUT2D eigenvalue weighted by Gasteiger charge is -2.38. The molecule has 1 aromatic carbocycles. The summed E-state index contributed by atoms with van der Waals surface area (Å²) in [5.41, 5.74) is 1.12. The van der Waals surface area contributed by atoms with Gasteiger partial charge < -0.3 is 14.8 Å². The Labute approximate surface area is 135 Å². The van der Waals surface area contributed by atoms with Gasteiger partial charge in [-0.15, -0.1) is 0 Å². The number of hydrogen-bond donors (Lipinski definition) is 1. The lowest BCUT2D eigenvalue weighted by Crippen LogP contribution is -2.39. The number of ether oxygens (including phenoxy) is 2. The van der Waals surface area contributed by atoms with Crippen LogP contribution in [0, 0.1) is 0 Å². The van der Waals surface area contributed by atoms with Gasteiger partial charge in [-0.05, 0) is 39.3 Å². The maximum Gasteiger partial charge on any atom is 0.128 e. The zero-order valence-electron chi connectivity index (χ0n) is 14.6. The Bertz CT molecular complexity index is 471. The van der Waals surface area contributed by atoms with Gasteiger partial charge in [-0.2, -0.15) is 0 Å². The molecule has 1 atom stereocenters. The number of fused-ring (bicyclic) bond motifs is 1. The van der Waals surface area contributed by atoms with Crippen LogP contribution in [-0.4, -0.2) is 18.8 Å². The van der Waals surface area contributed by atoms with Crippen molar-refractivity contribution < 1.29 is 9.47 Å². The van der Waals surface area contributed by atoms with Crippen LogP contribution in [0.15, 0.2) is 18.2 Å².